The molecule has 152 valence electrons. The molecule has 2 heterocycles. The molecular formula is C22H26N4O2S. The van der Waals surface area contributed by atoms with Gasteiger partial charge in [-0.3, -0.25) is 9.69 Å². The summed E-state index contributed by atoms with van der Waals surface area (Å²) >= 11 is 1.69. The maximum Gasteiger partial charge on any atom is 0.236 e. The third-order valence-corrected chi connectivity index (χ3v) is 6.23. The van der Waals surface area contributed by atoms with Crippen molar-refractivity contribution in [1.82, 2.24) is 14.8 Å². The molecule has 0 atom stereocenters. The van der Waals surface area contributed by atoms with E-state index in [1.54, 1.807) is 18.4 Å². The fourth-order valence-corrected chi connectivity index (χ4v) is 4.74. The summed E-state index contributed by atoms with van der Waals surface area (Å²) in [5, 5.41) is 1.04. The van der Waals surface area contributed by atoms with Gasteiger partial charge in [-0.05, 0) is 31.3 Å². The van der Waals surface area contributed by atoms with E-state index in [0.717, 1.165) is 48.1 Å². The third kappa shape index (κ3) is 4.52. The Morgan fingerprint density at radius 3 is 2.59 bits per heavy atom. The van der Waals surface area contributed by atoms with Crippen molar-refractivity contribution < 1.29 is 9.53 Å². The fourth-order valence-electron chi connectivity index (χ4n) is 3.69. The number of carbonyl (C=O) groups excluding carboxylic acids is 1. The van der Waals surface area contributed by atoms with Crippen LogP contribution in [0.3, 0.4) is 0 Å². The molecule has 4 rings (SSSR count). The number of ether oxygens (including phenoxy) is 1. The van der Waals surface area contributed by atoms with E-state index in [-0.39, 0.29) is 5.91 Å². The highest BCUT2D eigenvalue weighted by molar-refractivity contribution is 7.18. The van der Waals surface area contributed by atoms with Gasteiger partial charge in [0.1, 0.15) is 10.8 Å². The topological polar surface area (TPSA) is 48.9 Å². The molecule has 1 aliphatic heterocycles. The maximum atomic E-state index is 12.8. The highest BCUT2D eigenvalue weighted by Gasteiger charge is 2.23. The second-order valence-corrected chi connectivity index (χ2v) is 8.40. The number of aromatic nitrogens is 1. The van der Waals surface area contributed by atoms with Gasteiger partial charge in [-0.1, -0.05) is 24.3 Å². The van der Waals surface area contributed by atoms with E-state index in [2.05, 4.69) is 22.0 Å². The van der Waals surface area contributed by atoms with Gasteiger partial charge in [0.2, 0.25) is 5.91 Å². The summed E-state index contributed by atoms with van der Waals surface area (Å²) in [5.74, 6) is 1.05. The largest absolute Gasteiger partial charge is 0.495 e. The van der Waals surface area contributed by atoms with E-state index in [4.69, 9.17) is 4.74 Å². The van der Waals surface area contributed by atoms with Gasteiger partial charge in [0.25, 0.3) is 0 Å². The van der Waals surface area contributed by atoms with Crippen LogP contribution in [-0.4, -0.2) is 67.6 Å². The summed E-state index contributed by atoms with van der Waals surface area (Å²) in [5.41, 5.74) is 2.12. The smallest absolute Gasteiger partial charge is 0.236 e. The number of benzene rings is 2. The van der Waals surface area contributed by atoms with E-state index < -0.39 is 0 Å². The monoisotopic (exact) mass is 410 g/mol. The molecule has 29 heavy (non-hydrogen) atoms. The van der Waals surface area contributed by atoms with Crippen LogP contribution < -0.4 is 9.64 Å². The lowest BCUT2D eigenvalue weighted by molar-refractivity contribution is -0.132. The Balaban J connectivity index is 1.30. The Morgan fingerprint density at radius 2 is 1.83 bits per heavy atom. The van der Waals surface area contributed by atoms with E-state index >= 15 is 0 Å². The van der Waals surface area contributed by atoms with Gasteiger partial charge in [-0.25, -0.2) is 4.98 Å². The zero-order valence-electron chi connectivity index (χ0n) is 16.9. The minimum absolute atomic E-state index is 0.174. The van der Waals surface area contributed by atoms with Crippen LogP contribution in [0.25, 0.3) is 10.2 Å². The number of rotatable bonds is 6. The van der Waals surface area contributed by atoms with Gasteiger partial charge in [0.05, 0.1) is 36.1 Å². The lowest BCUT2D eigenvalue weighted by Crippen LogP contribution is -2.51. The first kappa shape index (κ1) is 19.7. The zero-order chi connectivity index (χ0) is 20.2. The number of carbonyl (C=O) groups is 1. The molecule has 2 aromatic carbocycles. The van der Waals surface area contributed by atoms with Gasteiger partial charge < -0.3 is 14.5 Å². The molecule has 6 nitrogen and oxygen atoms in total. The standard InChI is InChI=1S/C22H26N4O2S/c1-24(15-21-23-17-7-3-6-10-20(17)29-21)16-22(27)26-13-11-25(12-14-26)18-8-4-5-9-19(18)28-2/h3-10H,11-16H2,1-2H3. The number of fused-ring (bicyclic) bond motifs is 1. The van der Waals surface area contributed by atoms with Crippen molar-refractivity contribution in [3.63, 3.8) is 0 Å². The first-order valence-corrected chi connectivity index (χ1v) is 10.6. The Hall–Kier alpha value is -2.64. The predicted molar refractivity (Wildman–Crippen MR) is 118 cm³/mol. The number of amides is 1. The Kier molecular flexibility index (Phi) is 5.97. The van der Waals surface area contributed by atoms with Gasteiger partial charge in [0, 0.05) is 26.2 Å². The Morgan fingerprint density at radius 1 is 1.10 bits per heavy atom. The summed E-state index contributed by atoms with van der Waals surface area (Å²) in [6, 6.07) is 16.2. The number of piperazine rings is 1. The number of anilines is 1. The van der Waals surface area contributed by atoms with Gasteiger partial charge >= 0.3 is 0 Å². The zero-order valence-corrected chi connectivity index (χ0v) is 17.7. The molecule has 0 spiro atoms. The number of likely N-dealkylation sites (N-methyl/N-ethyl adjacent to an activating group) is 1. The molecule has 1 fully saturated rings. The van der Waals surface area contributed by atoms with E-state index in [1.165, 1.54) is 4.70 Å². The number of hydrogen-bond acceptors (Lipinski definition) is 6. The van der Waals surface area contributed by atoms with Crippen molar-refractivity contribution in [2.75, 3.05) is 51.8 Å². The fraction of sp³-hybridized carbons (Fsp3) is 0.364. The van der Waals surface area contributed by atoms with Crippen LogP contribution in [0.5, 0.6) is 5.75 Å². The van der Waals surface area contributed by atoms with Crippen molar-refractivity contribution >= 4 is 33.1 Å². The molecule has 0 aliphatic carbocycles. The normalized spacial score (nSPS) is 14.6. The van der Waals surface area contributed by atoms with E-state index in [1.807, 2.05) is 53.2 Å². The van der Waals surface area contributed by atoms with Crippen molar-refractivity contribution in [2.45, 2.75) is 6.54 Å². The number of methoxy groups -OCH3 is 1. The van der Waals surface area contributed by atoms with Gasteiger partial charge in [-0.2, -0.15) is 0 Å². The van der Waals surface area contributed by atoms with Gasteiger partial charge in [-0.15, -0.1) is 11.3 Å². The minimum atomic E-state index is 0.174. The highest BCUT2D eigenvalue weighted by atomic mass is 32.1. The summed E-state index contributed by atoms with van der Waals surface area (Å²) < 4.78 is 6.66. The van der Waals surface area contributed by atoms with Crippen molar-refractivity contribution in [3.8, 4) is 5.75 Å². The lowest BCUT2D eigenvalue weighted by atomic mass is 10.2. The van der Waals surface area contributed by atoms with Crippen molar-refractivity contribution in [1.29, 1.82) is 0 Å². The number of para-hydroxylation sites is 3. The third-order valence-electron chi connectivity index (χ3n) is 5.21. The highest BCUT2D eigenvalue weighted by Crippen LogP contribution is 2.28. The Labute approximate surface area is 175 Å². The van der Waals surface area contributed by atoms with Crippen LogP contribution >= 0.6 is 11.3 Å². The van der Waals surface area contributed by atoms with Gasteiger partial charge in [0.15, 0.2) is 0 Å². The molecule has 7 heteroatoms. The first-order valence-electron chi connectivity index (χ1n) is 9.83. The molecule has 3 aromatic rings. The maximum absolute atomic E-state index is 12.8. The molecule has 1 saturated heterocycles. The number of nitrogens with zero attached hydrogens (tertiary/aromatic N) is 4. The summed E-state index contributed by atoms with van der Waals surface area (Å²) in [6.07, 6.45) is 0. The molecule has 1 aliphatic rings. The predicted octanol–water partition coefficient (Wildman–Crippen LogP) is 3.09. The SMILES string of the molecule is COc1ccccc1N1CCN(C(=O)CN(C)Cc2nc3ccccc3s2)CC1. The average molecular weight is 411 g/mol. The van der Waals surface area contributed by atoms with Crippen molar-refractivity contribution in [3.05, 3.63) is 53.5 Å². The molecular weight excluding hydrogens is 384 g/mol. The van der Waals surface area contributed by atoms with Crippen LogP contribution in [0.2, 0.25) is 0 Å². The van der Waals surface area contributed by atoms with E-state index in [0.29, 0.717) is 13.1 Å². The van der Waals surface area contributed by atoms with Crippen molar-refractivity contribution in [2.24, 2.45) is 0 Å². The molecule has 1 amide bonds. The van der Waals surface area contributed by atoms with Crippen LogP contribution in [0.1, 0.15) is 5.01 Å². The quantitative estimate of drug-likeness (QED) is 0.625. The molecule has 0 bridgehead atoms. The summed E-state index contributed by atoms with van der Waals surface area (Å²) in [6.45, 7) is 4.18. The molecule has 0 N–H and O–H groups in total. The number of thiazole rings is 1. The molecule has 1 aromatic heterocycles. The second-order valence-electron chi connectivity index (χ2n) is 7.29. The summed E-state index contributed by atoms with van der Waals surface area (Å²) in [4.78, 5) is 23.7. The lowest BCUT2D eigenvalue weighted by Gasteiger charge is -2.37. The Bertz CT molecular complexity index is 949. The van der Waals surface area contributed by atoms with E-state index in [9.17, 15) is 4.79 Å². The van der Waals surface area contributed by atoms with Crippen LogP contribution in [0.15, 0.2) is 48.5 Å². The second kappa shape index (κ2) is 8.80. The molecule has 0 unspecified atom stereocenters. The van der Waals surface area contributed by atoms with Crippen LogP contribution in [-0.2, 0) is 11.3 Å². The molecule has 0 radical (unpaired) electrons. The first-order chi connectivity index (χ1) is 14.1. The minimum Gasteiger partial charge on any atom is -0.495 e. The van der Waals surface area contributed by atoms with Crippen LogP contribution in [0, 0.1) is 0 Å². The summed E-state index contributed by atoms with van der Waals surface area (Å²) in [7, 11) is 3.68. The number of hydrogen-bond donors (Lipinski definition) is 0. The molecule has 0 saturated carbocycles. The average Bonchev–Trinajstić information content (AvgIpc) is 3.15. The van der Waals surface area contributed by atoms with Crippen LogP contribution in [0.4, 0.5) is 5.69 Å².